The van der Waals surface area contributed by atoms with Crippen LogP contribution < -0.4 is 5.32 Å². The van der Waals surface area contributed by atoms with E-state index in [1.807, 2.05) is 0 Å². The van der Waals surface area contributed by atoms with E-state index in [9.17, 15) is 0 Å². The van der Waals surface area contributed by atoms with Crippen LogP contribution >= 0.6 is 0 Å². The van der Waals surface area contributed by atoms with E-state index >= 15 is 0 Å². The summed E-state index contributed by atoms with van der Waals surface area (Å²) in [6, 6.07) is 2.42. The fourth-order valence-electron chi connectivity index (χ4n) is 4.04. The van der Waals surface area contributed by atoms with Crippen molar-refractivity contribution in [2.45, 2.75) is 76.9 Å². The highest BCUT2D eigenvalue weighted by atomic mass is 15.2. The van der Waals surface area contributed by atoms with Crippen LogP contribution in [0, 0.1) is 5.92 Å². The summed E-state index contributed by atoms with van der Waals surface area (Å²) in [7, 11) is 2.15. The Balaban J connectivity index is 2.03. The van der Waals surface area contributed by atoms with Gasteiger partial charge < -0.3 is 5.32 Å². The fourth-order valence-corrected chi connectivity index (χ4v) is 4.04. The molecule has 0 bridgehead atoms. The lowest BCUT2D eigenvalue weighted by Gasteiger charge is -2.43. The topological polar surface area (TPSA) is 15.3 Å². The summed E-state index contributed by atoms with van der Waals surface area (Å²) in [6.45, 7) is 6.07. The molecule has 0 radical (unpaired) electrons. The summed E-state index contributed by atoms with van der Waals surface area (Å²) in [5.41, 5.74) is 0. The van der Waals surface area contributed by atoms with Gasteiger partial charge >= 0.3 is 0 Å². The van der Waals surface area contributed by atoms with E-state index < -0.39 is 0 Å². The number of hydrogen-bond donors (Lipinski definition) is 1. The lowest BCUT2D eigenvalue weighted by Crippen LogP contribution is -2.53. The van der Waals surface area contributed by atoms with Crippen molar-refractivity contribution >= 4 is 0 Å². The molecule has 0 aromatic rings. The Labute approximate surface area is 107 Å². The lowest BCUT2D eigenvalue weighted by molar-refractivity contribution is 0.0863. The summed E-state index contributed by atoms with van der Waals surface area (Å²) in [4.78, 5) is 2.84. The van der Waals surface area contributed by atoms with Gasteiger partial charge in [-0.1, -0.05) is 20.3 Å². The van der Waals surface area contributed by atoms with Crippen LogP contribution in [0.15, 0.2) is 0 Å². The molecule has 0 spiro atoms. The molecule has 1 heterocycles. The standard InChI is InChI=1S/C15H30N2/c1-4-12-8-9-14(16-3)15(11-12)17-10-6-7-13(17)5-2/h12-16H,4-11H2,1-3H3. The van der Waals surface area contributed by atoms with Gasteiger partial charge in [-0.15, -0.1) is 0 Å². The zero-order chi connectivity index (χ0) is 12.3. The van der Waals surface area contributed by atoms with Gasteiger partial charge in [-0.25, -0.2) is 0 Å². The van der Waals surface area contributed by atoms with Gasteiger partial charge in [-0.2, -0.15) is 0 Å². The second kappa shape index (κ2) is 6.19. The SMILES string of the molecule is CCC1CCC(NC)C(N2CCCC2CC)C1. The molecular formula is C15H30N2. The first-order valence-electron chi connectivity index (χ1n) is 7.73. The van der Waals surface area contributed by atoms with E-state index in [-0.39, 0.29) is 0 Å². The van der Waals surface area contributed by atoms with E-state index in [2.05, 4.69) is 31.1 Å². The average Bonchev–Trinajstić information content (AvgIpc) is 2.86. The Hall–Kier alpha value is -0.0800. The molecule has 0 aromatic carbocycles. The second-order valence-electron chi connectivity index (χ2n) is 5.99. The highest BCUT2D eigenvalue weighted by Crippen LogP contribution is 2.34. The Morgan fingerprint density at radius 1 is 1.12 bits per heavy atom. The molecule has 2 heteroatoms. The molecule has 1 aliphatic carbocycles. The summed E-state index contributed by atoms with van der Waals surface area (Å²) in [5.74, 6) is 0.975. The molecule has 0 amide bonds. The molecule has 2 rings (SSSR count). The second-order valence-corrected chi connectivity index (χ2v) is 5.99. The molecule has 4 unspecified atom stereocenters. The van der Waals surface area contributed by atoms with E-state index in [0.717, 1.165) is 24.0 Å². The third-order valence-electron chi connectivity index (χ3n) is 5.19. The first kappa shape index (κ1) is 13.4. The zero-order valence-corrected chi connectivity index (χ0v) is 11.9. The van der Waals surface area contributed by atoms with Crippen LogP contribution in [0.5, 0.6) is 0 Å². The molecule has 100 valence electrons. The maximum Gasteiger partial charge on any atom is 0.0254 e. The first-order valence-corrected chi connectivity index (χ1v) is 7.73. The Kier molecular flexibility index (Phi) is 4.87. The summed E-state index contributed by atoms with van der Waals surface area (Å²) < 4.78 is 0. The van der Waals surface area contributed by atoms with Crippen LogP contribution in [0.4, 0.5) is 0 Å². The van der Waals surface area contributed by atoms with Crippen LogP contribution in [0.1, 0.15) is 58.8 Å². The van der Waals surface area contributed by atoms with Gasteiger partial charge in [0, 0.05) is 18.1 Å². The summed E-state index contributed by atoms with van der Waals surface area (Å²) in [6.07, 6.45) is 9.80. The van der Waals surface area contributed by atoms with Gasteiger partial charge in [0.15, 0.2) is 0 Å². The van der Waals surface area contributed by atoms with E-state index in [4.69, 9.17) is 0 Å². The molecule has 2 aliphatic rings. The van der Waals surface area contributed by atoms with E-state index in [1.165, 1.54) is 51.5 Å². The number of hydrogen-bond acceptors (Lipinski definition) is 2. The molecular weight excluding hydrogens is 208 g/mol. The normalized spacial score (nSPS) is 39.7. The number of rotatable bonds is 4. The molecule has 2 nitrogen and oxygen atoms in total. The number of nitrogens with one attached hydrogen (secondary N) is 1. The molecule has 1 aliphatic heterocycles. The zero-order valence-electron chi connectivity index (χ0n) is 11.9. The van der Waals surface area contributed by atoms with E-state index in [1.54, 1.807) is 0 Å². The molecule has 1 saturated carbocycles. The van der Waals surface area contributed by atoms with Crippen molar-refractivity contribution in [3.63, 3.8) is 0 Å². The van der Waals surface area contributed by atoms with Gasteiger partial charge in [-0.05, 0) is 58.0 Å². The Bertz CT molecular complexity index is 229. The minimum atomic E-state index is 0.741. The first-order chi connectivity index (χ1) is 8.30. The summed E-state index contributed by atoms with van der Waals surface area (Å²) >= 11 is 0. The number of likely N-dealkylation sites (N-methyl/N-ethyl adjacent to an activating group) is 1. The van der Waals surface area contributed by atoms with Gasteiger partial charge in [0.25, 0.3) is 0 Å². The molecule has 1 saturated heterocycles. The van der Waals surface area contributed by atoms with Crippen molar-refractivity contribution in [1.29, 1.82) is 0 Å². The largest absolute Gasteiger partial charge is 0.315 e. The molecule has 2 fully saturated rings. The van der Waals surface area contributed by atoms with Crippen LogP contribution in [-0.4, -0.2) is 36.6 Å². The maximum absolute atomic E-state index is 3.58. The minimum Gasteiger partial charge on any atom is -0.315 e. The van der Waals surface area contributed by atoms with E-state index in [0.29, 0.717) is 0 Å². The third-order valence-corrected chi connectivity index (χ3v) is 5.19. The van der Waals surface area contributed by atoms with Crippen LogP contribution in [0.3, 0.4) is 0 Å². The van der Waals surface area contributed by atoms with Crippen molar-refractivity contribution in [1.82, 2.24) is 10.2 Å². The molecule has 0 aromatic heterocycles. The van der Waals surface area contributed by atoms with Crippen LogP contribution in [-0.2, 0) is 0 Å². The van der Waals surface area contributed by atoms with Crippen molar-refractivity contribution in [3.8, 4) is 0 Å². The average molecular weight is 238 g/mol. The van der Waals surface area contributed by atoms with Crippen molar-refractivity contribution in [2.24, 2.45) is 5.92 Å². The number of nitrogens with zero attached hydrogens (tertiary/aromatic N) is 1. The molecule has 1 N–H and O–H groups in total. The monoisotopic (exact) mass is 238 g/mol. The fraction of sp³-hybridized carbons (Fsp3) is 1.00. The van der Waals surface area contributed by atoms with Crippen LogP contribution in [0.25, 0.3) is 0 Å². The molecule has 17 heavy (non-hydrogen) atoms. The highest BCUT2D eigenvalue weighted by molar-refractivity contribution is 4.94. The highest BCUT2D eigenvalue weighted by Gasteiger charge is 2.37. The van der Waals surface area contributed by atoms with Crippen molar-refractivity contribution in [2.75, 3.05) is 13.6 Å². The van der Waals surface area contributed by atoms with Gasteiger partial charge in [0.2, 0.25) is 0 Å². The Morgan fingerprint density at radius 3 is 2.59 bits per heavy atom. The van der Waals surface area contributed by atoms with Crippen LogP contribution in [0.2, 0.25) is 0 Å². The lowest BCUT2D eigenvalue weighted by atomic mass is 9.80. The van der Waals surface area contributed by atoms with Gasteiger partial charge in [-0.3, -0.25) is 4.90 Å². The predicted octanol–water partition coefficient (Wildman–Crippen LogP) is 3.03. The maximum atomic E-state index is 3.58. The smallest absolute Gasteiger partial charge is 0.0254 e. The molecule has 4 atom stereocenters. The number of likely N-dealkylation sites (tertiary alicyclic amines) is 1. The van der Waals surface area contributed by atoms with Gasteiger partial charge in [0.1, 0.15) is 0 Å². The quantitative estimate of drug-likeness (QED) is 0.810. The van der Waals surface area contributed by atoms with Gasteiger partial charge in [0.05, 0.1) is 0 Å². The summed E-state index contributed by atoms with van der Waals surface area (Å²) in [5, 5.41) is 3.58. The van der Waals surface area contributed by atoms with Crippen molar-refractivity contribution in [3.05, 3.63) is 0 Å². The van der Waals surface area contributed by atoms with Crippen molar-refractivity contribution < 1.29 is 0 Å². The predicted molar refractivity (Wildman–Crippen MR) is 74.3 cm³/mol. The minimum absolute atomic E-state index is 0.741. The third kappa shape index (κ3) is 2.85. The Morgan fingerprint density at radius 2 is 1.94 bits per heavy atom.